The topological polar surface area (TPSA) is 84.0 Å². The summed E-state index contributed by atoms with van der Waals surface area (Å²) in [6.45, 7) is 9.95. The highest BCUT2D eigenvalue weighted by Gasteiger charge is 2.38. The Bertz CT molecular complexity index is 1280. The molecule has 0 bridgehead atoms. The maximum absolute atomic E-state index is 13.6. The largest absolute Gasteiger partial charge is 0.482 e. The maximum Gasteiger partial charge on any atom is 0.409 e. The van der Waals surface area contributed by atoms with Gasteiger partial charge in [-0.1, -0.05) is 6.07 Å². The molecule has 0 spiro atoms. The molecule has 3 aliphatic heterocycles. The fourth-order valence-electron chi connectivity index (χ4n) is 4.98. The van der Waals surface area contributed by atoms with E-state index in [9.17, 15) is 14.0 Å². The Labute approximate surface area is 215 Å². The van der Waals surface area contributed by atoms with Crippen LogP contribution in [0.15, 0.2) is 48.4 Å². The number of piperazine rings is 1. The van der Waals surface area contributed by atoms with E-state index in [4.69, 9.17) is 9.47 Å². The third-order valence-corrected chi connectivity index (χ3v) is 6.98. The van der Waals surface area contributed by atoms with Crippen molar-refractivity contribution in [2.24, 2.45) is 0 Å². The van der Waals surface area contributed by atoms with Crippen molar-refractivity contribution < 1.29 is 23.5 Å². The van der Waals surface area contributed by atoms with Crippen molar-refractivity contribution >= 4 is 28.8 Å². The zero-order chi connectivity index (χ0) is 26.2. The minimum Gasteiger partial charge on any atom is -0.482 e. The van der Waals surface area contributed by atoms with E-state index in [0.717, 1.165) is 42.9 Å². The molecule has 3 aliphatic rings. The van der Waals surface area contributed by atoms with Gasteiger partial charge >= 0.3 is 6.09 Å². The first-order chi connectivity index (χ1) is 17.7. The van der Waals surface area contributed by atoms with E-state index in [-0.39, 0.29) is 12.0 Å². The number of aromatic nitrogens is 1. The molecule has 1 saturated heterocycles. The molecule has 5 rings (SSSR count). The predicted octanol–water partition coefficient (Wildman–Crippen LogP) is 4.09. The number of halogens is 1. The number of allylic oxidation sites excluding steroid dienone is 1. The number of nitrogens with zero attached hydrogens (tertiary/aromatic N) is 3. The van der Waals surface area contributed by atoms with Crippen molar-refractivity contribution in [3.8, 4) is 0 Å². The maximum atomic E-state index is 13.6. The number of carbonyl (C=O) groups is 2. The van der Waals surface area contributed by atoms with Crippen LogP contribution in [0.5, 0.6) is 0 Å². The summed E-state index contributed by atoms with van der Waals surface area (Å²) in [4.78, 5) is 33.3. The Balaban J connectivity index is 1.26. The third-order valence-electron chi connectivity index (χ3n) is 6.98. The fraction of sp³-hybridized carbons (Fsp3) is 0.393. The van der Waals surface area contributed by atoms with Gasteiger partial charge in [0.15, 0.2) is 0 Å². The Kier molecular flexibility index (Phi) is 6.72. The molecular weight excluding hydrogens is 475 g/mol. The summed E-state index contributed by atoms with van der Waals surface area (Å²) in [6.07, 6.45) is 4.29. The first-order valence-corrected chi connectivity index (χ1v) is 12.6. The summed E-state index contributed by atoms with van der Waals surface area (Å²) in [6, 6.07) is 8.30. The number of pyridine rings is 1. The number of anilines is 1. The molecule has 2 amide bonds. The summed E-state index contributed by atoms with van der Waals surface area (Å²) in [5, 5.41) is 2.72. The number of carbonyl (C=O) groups excluding carboxylic acids is 2. The summed E-state index contributed by atoms with van der Waals surface area (Å²) in [5.74, 6) is -0.242. The van der Waals surface area contributed by atoms with E-state index >= 15 is 0 Å². The molecule has 194 valence electrons. The van der Waals surface area contributed by atoms with Gasteiger partial charge in [-0.25, -0.2) is 9.18 Å². The number of amides is 2. The van der Waals surface area contributed by atoms with E-state index in [1.165, 1.54) is 12.1 Å². The summed E-state index contributed by atoms with van der Waals surface area (Å²) in [7, 11) is 0. The van der Waals surface area contributed by atoms with E-state index in [1.807, 2.05) is 45.2 Å². The second-order valence-corrected chi connectivity index (χ2v) is 9.87. The van der Waals surface area contributed by atoms with Crippen LogP contribution in [0, 0.1) is 5.82 Å². The average Bonchev–Trinajstić information content (AvgIpc) is 3.37. The van der Waals surface area contributed by atoms with E-state index in [2.05, 4.69) is 15.2 Å². The van der Waals surface area contributed by atoms with Crippen molar-refractivity contribution in [3.63, 3.8) is 0 Å². The minimum absolute atomic E-state index is 0.238. The van der Waals surface area contributed by atoms with Crippen LogP contribution in [-0.4, -0.2) is 71.7 Å². The van der Waals surface area contributed by atoms with Gasteiger partial charge in [0, 0.05) is 67.7 Å². The van der Waals surface area contributed by atoms with Gasteiger partial charge in [-0.2, -0.15) is 0 Å². The van der Waals surface area contributed by atoms with Crippen molar-refractivity contribution in [1.29, 1.82) is 0 Å². The SMILES string of the molecule is CCOC(=O)N1CCN(CCc2ccc(C3=CC(=C4C(=O)Nc5cc(F)ccc54)OC3(C)C)cn2)CC1. The summed E-state index contributed by atoms with van der Waals surface area (Å²) < 4.78 is 24.9. The Morgan fingerprint density at radius 1 is 1.19 bits per heavy atom. The molecular formula is C28H31FN4O4. The van der Waals surface area contributed by atoms with Crippen LogP contribution in [-0.2, 0) is 20.7 Å². The van der Waals surface area contributed by atoms with Gasteiger partial charge < -0.3 is 19.7 Å². The van der Waals surface area contributed by atoms with Gasteiger partial charge in [0.05, 0.1) is 17.9 Å². The van der Waals surface area contributed by atoms with Crippen LogP contribution in [0.1, 0.15) is 37.6 Å². The monoisotopic (exact) mass is 506 g/mol. The van der Waals surface area contributed by atoms with Crippen molar-refractivity contribution in [2.75, 3.05) is 44.6 Å². The van der Waals surface area contributed by atoms with Crippen LogP contribution in [0.25, 0.3) is 11.1 Å². The quantitative estimate of drug-likeness (QED) is 0.615. The molecule has 8 nitrogen and oxygen atoms in total. The fourth-order valence-corrected chi connectivity index (χ4v) is 4.98. The molecule has 1 aromatic heterocycles. The van der Waals surface area contributed by atoms with Crippen molar-refractivity contribution in [1.82, 2.24) is 14.8 Å². The second kappa shape index (κ2) is 9.97. The second-order valence-electron chi connectivity index (χ2n) is 9.87. The van der Waals surface area contributed by atoms with Crippen LogP contribution in [0.3, 0.4) is 0 Å². The molecule has 1 aromatic carbocycles. The molecule has 0 aliphatic carbocycles. The number of hydrogen-bond acceptors (Lipinski definition) is 6. The minimum atomic E-state index is -0.660. The van der Waals surface area contributed by atoms with Gasteiger partial charge in [0.1, 0.15) is 17.2 Å². The van der Waals surface area contributed by atoms with E-state index in [1.54, 1.807) is 11.0 Å². The molecule has 0 saturated carbocycles. The molecule has 37 heavy (non-hydrogen) atoms. The predicted molar refractivity (Wildman–Crippen MR) is 138 cm³/mol. The van der Waals surface area contributed by atoms with Gasteiger partial charge in [-0.05, 0) is 51.1 Å². The smallest absolute Gasteiger partial charge is 0.409 e. The average molecular weight is 507 g/mol. The number of fused-ring (bicyclic) bond motifs is 1. The van der Waals surface area contributed by atoms with Crippen LogP contribution < -0.4 is 5.32 Å². The molecule has 9 heteroatoms. The van der Waals surface area contributed by atoms with E-state index in [0.29, 0.717) is 42.3 Å². The highest BCUT2D eigenvalue weighted by Crippen LogP contribution is 2.44. The first kappa shape index (κ1) is 25.0. The van der Waals surface area contributed by atoms with Crippen molar-refractivity contribution in [3.05, 3.63) is 71.0 Å². The Morgan fingerprint density at radius 3 is 2.68 bits per heavy atom. The van der Waals surface area contributed by atoms with Crippen LogP contribution in [0.4, 0.5) is 14.9 Å². The molecule has 0 unspecified atom stereocenters. The normalized spacial score (nSPS) is 20.8. The van der Waals surface area contributed by atoms with Crippen LogP contribution >= 0.6 is 0 Å². The standard InChI is InChI=1S/C28H31FN4O4/c1-4-36-27(35)33-13-11-32(12-14-33)10-9-20-7-5-18(17-30-20)22-16-24(37-28(22,2)3)25-21-8-6-19(29)15-23(21)31-26(25)34/h5-8,15-17H,4,9-14H2,1-3H3,(H,31,34). The van der Waals surface area contributed by atoms with Gasteiger partial charge in [-0.15, -0.1) is 0 Å². The molecule has 0 radical (unpaired) electrons. The number of benzene rings is 1. The number of rotatable bonds is 5. The summed E-state index contributed by atoms with van der Waals surface area (Å²) >= 11 is 0. The first-order valence-electron chi connectivity index (χ1n) is 12.6. The van der Waals surface area contributed by atoms with Crippen LogP contribution in [0.2, 0.25) is 0 Å². The lowest BCUT2D eigenvalue weighted by atomic mass is 9.93. The van der Waals surface area contributed by atoms with Gasteiger partial charge in [-0.3, -0.25) is 14.7 Å². The number of ether oxygens (including phenoxy) is 2. The lowest BCUT2D eigenvalue weighted by molar-refractivity contribution is -0.111. The molecule has 2 aromatic rings. The molecule has 1 fully saturated rings. The number of nitrogens with one attached hydrogen (secondary N) is 1. The molecule has 1 N–H and O–H groups in total. The van der Waals surface area contributed by atoms with Gasteiger partial charge in [0.2, 0.25) is 0 Å². The lowest BCUT2D eigenvalue weighted by Gasteiger charge is -2.33. The lowest BCUT2D eigenvalue weighted by Crippen LogP contribution is -2.49. The summed E-state index contributed by atoms with van der Waals surface area (Å²) in [5.41, 5.74) is 3.66. The third kappa shape index (κ3) is 5.09. The zero-order valence-corrected chi connectivity index (χ0v) is 21.3. The number of hydrogen-bond donors (Lipinski definition) is 1. The van der Waals surface area contributed by atoms with E-state index < -0.39 is 11.4 Å². The Hall–Kier alpha value is -3.72. The highest BCUT2D eigenvalue weighted by molar-refractivity contribution is 6.32. The molecule has 0 atom stereocenters. The molecule has 4 heterocycles. The van der Waals surface area contributed by atoms with Gasteiger partial charge in [0.25, 0.3) is 5.91 Å². The Morgan fingerprint density at radius 2 is 1.97 bits per heavy atom. The highest BCUT2D eigenvalue weighted by atomic mass is 19.1. The van der Waals surface area contributed by atoms with Crippen molar-refractivity contribution in [2.45, 2.75) is 32.8 Å². The zero-order valence-electron chi connectivity index (χ0n) is 21.3.